The van der Waals surface area contributed by atoms with Crippen LogP contribution in [0, 0.1) is 11.6 Å². The number of alkyl halides is 1. The summed E-state index contributed by atoms with van der Waals surface area (Å²) in [5.74, 6) is -1.82. The SMILES string of the molecule is O=C(N[C@@H](Cn1cccn1)[C@H](F)CO)c1cccc(F)c1-c1cc(-c2ccc(F)cc2)[nH]n1. The third kappa shape index (κ3) is 4.96. The summed E-state index contributed by atoms with van der Waals surface area (Å²) in [5.41, 5.74) is 1.15. The normalized spacial score (nSPS) is 13.0. The van der Waals surface area contributed by atoms with Gasteiger partial charge in [-0.3, -0.25) is 14.6 Å². The number of amides is 1. The Morgan fingerprint density at radius 3 is 2.64 bits per heavy atom. The lowest BCUT2D eigenvalue weighted by molar-refractivity contribution is 0.0850. The van der Waals surface area contributed by atoms with Crippen LogP contribution in [0.5, 0.6) is 0 Å². The van der Waals surface area contributed by atoms with Crippen molar-refractivity contribution in [2.45, 2.75) is 18.8 Å². The molecule has 3 N–H and O–H groups in total. The maximum absolute atomic E-state index is 14.8. The number of H-pyrrole nitrogens is 1. The second-order valence-electron chi connectivity index (χ2n) is 7.34. The van der Waals surface area contributed by atoms with Gasteiger partial charge in [-0.1, -0.05) is 6.07 Å². The maximum atomic E-state index is 14.8. The van der Waals surface area contributed by atoms with Crippen molar-refractivity contribution in [3.63, 3.8) is 0 Å². The molecule has 0 aliphatic carbocycles. The molecule has 0 fully saturated rings. The third-order valence-corrected chi connectivity index (χ3v) is 5.12. The van der Waals surface area contributed by atoms with E-state index >= 15 is 0 Å². The quantitative estimate of drug-likeness (QED) is 0.380. The molecule has 2 aromatic carbocycles. The molecule has 0 unspecified atom stereocenters. The van der Waals surface area contributed by atoms with E-state index in [1.165, 1.54) is 59.4 Å². The van der Waals surface area contributed by atoms with Gasteiger partial charge in [-0.15, -0.1) is 0 Å². The van der Waals surface area contributed by atoms with Crippen LogP contribution in [0.4, 0.5) is 13.2 Å². The molecular weight excluding hydrogens is 435 g/mol. The number of rotatable bonds is 8. The zero-order valence-corrected chi connectivity index (χ0v) is 17.3. The zero-order valence-electron chi connectivity index (χ0n) is 17.3. The second kappa shape index (κ2) is 9.70. The Labute approximate surface area is 186 Å². The van der Waals surface area contributed by atoms with Gasteiger partial charge >= 0.3 is 0 Å². The number of aromatic amines is 1. The van der Waals surface area contributed by atoms with Crippen LogP contribution in [0.15, 0.2) is 67.0 Å². The topological polar surface area (TPSA) is 95.8 Å². The Morgan fingerprint density at radius 2 is 1.94 bits per heavy atom. The van der Waals surface area contributed by atoms with Crippen molar-refractivity contribution in [3.8, 4) is 22.5 Å². The lowest BCUT2D eigenvalue weighted by Crippen LogP contribution is -2.46. The maximum Gasteiger partial charge on any atom is 0.252 e. The predicted octanol–water partition coefficient (Wildman–Crippen LogP) is 3.35. The van der Waals surface area contributed by atoms with E-state index in [0.717, 1.165) is 0 Å². The molecule has 0 radical (unpaired) electrons. The lowest BCUT2D eigenvalue weighted by atomic mass is 10.0. The van der Waals surface area contributed by atoms with Crippen LogP contribution in [-0.4, -0.2) is 49.8 Å². The minimum absolute atomic E-state index is 0.0256. The highest BCUT2D eigenvalue weighted by Gasteiger charge is 2.26. The number of aliphatic hydroxyl groups excluding tert-OH is 1. The first kappa shape index (κ1) is 22.3. The summed E-state index contributed by atoms with van der Waals surface area (Å²) < 4.78 is 43.8. The molecule has 0 saturated heterocycles. The molecule has 10 heteroatoms. The summed E-state index contributed by atoms with van der Waals surface area (Å²) in [7, 11) is 0. The first-order valence-electron chi connectivity index (χ1n) is 10.1. The largest absolute Gasteiger partial charge is 0.393 e. The molecule has 2 heterocycles. The van der Waals surface area contributed by atoms with Crippen LogP contribution in [0.1, 0.15) is 10.4 Å². The number of aromatic nitrogens is 4. The van der Waals surface area contributed by atoms with Gasteiger partial charge in [0.25, 0.3) is 5.91 Å². The van der Waals surface area contributed by atoms with Gasteiger partial charge in [-0.25, -0.2) is 13.2 Å². The van der Waals surface area contributed by atoms with Crippen LogP contribution in [-0.2, 0) is 6.54 Å². The molecular formula is C23H20F3N5O2. The Hall–Kier alpha value is -3.92. The number of carbonyl (C=O) groups excluding carboxylic acids is 1. The van der Waals surface area contributed by atoms with Gasteiger partial charge in [0.2, 0.25) is 0 Å². The lowest BCUT2D eigenvalue weighted by Gasteiger charge is -2.22. The second-order valence-corrected chi connectivity index (χ2v) is 7.34. The van der Waals surface area contributed by atoms with E-state index in [1.54, 1.807) is 12.3 Å². The summed E-state index contributed by atoms with van der Waals surface area (Å²) in [6.07, 6.45) is 1.34. The van der Waals surface area contributed by atoms with Crippen molar-refractivity contribution in [3.05, 3.63) is 84.2 Å². The molecule has 33 heavy (non-hydrogen) atoms. The molecule has 0 saturated carbocycles. The standard InChI is InChI=1S/C23H20F3N5O2/c24-15-7-5-14(6-8-15)19-11-20(30-29-19)22-16(3-1-4-17(22)25)23(33)28-21(18(26)13-32)12-31-10-2-9-27-31/h1-11,18,21,32H,12-13H2,(H,28,33)(H,29,30)/t18-,21+/m1/s1. The summed E-state index contributed by atoms with van der Waals surface area (Å²) >= 11 is 0. The molecule has 170 valence electrons. The summed E-state index contributed by atoms with van der Waals surface area (Å²) in [5, 5.41) is 22.6. The average Bonchev–Trinajstić information content (AvgIpc) is 3.51. The Bertz CT molecular complexity index is 1230. The molecule has 2 aromatic heterocycles. The van der Waals surface area contributed by atoms with Gasteiger partial charge in [-0.2, -0.15) is 10.2 Å². The van der Waals surface area contributed by atoms with E-state index in [1.807, 2.05) is 0 Å². The van der Waals surface area contributed by atoms with E-state index in [0.29, 0.717) is 11.3 Å². The first-order valence-corrected chi connectivity index (χ1v) is 10.1. The van der Waals surface area contributed by atoms with Crippen molar-refractivity contribution >= 4 is 5.91 Å². The van der Waals surface area contributed by atoms with Gasteiger partial charge in [0.1, 0.15) is 17.8 Å². The molecule has 4 aromatic rings. The van der Waals surface area contributed by atoms with Crippen molar-refractivity contribution in [2.75, 3.05) is 6.61 Å². The molecule has 0 bridgehead atoms. The van der Waals surface area contributed by atoms with Crippen LogP contribution >= 0.6 is 0 Å². The van der Waals surface area contributed by atoms with Crippen LogP contribution in [0.25, 0.3) is 22.5 Å². The minimum Gasteiger partial charge on any atom is -0.393 e. The molecule has 1 amide bonds. The number of hydrogen-bond donors (Lipinski definition) is 3. The number of halogens is 3. The van der Waals surface area contributed by atoms with E-state index in [2.05, 4.69) is 20.6 Å². The average molecular weight is 455 g/mol. The number of nitrogens with zero attached hydrogens (tertiary/aromatic N) is 3. The van der Waals surface area contributed by atoms with E-state index in [9.17, 15) is 23.1 Å². The fourth-order valence-electron chi connectivity index (χ4n) is 3.43. The molecule has 4 rings (SSSR count). The Morgan fingerprint density at radius 1 is 1.15 bits per heavy atom. The minimum atomic E-state index is -1.76. The first-order chi connectivity index (χ1) is 16.0. The number of carbonyl (C=O) groups is 1. The summed E-state index contributed by atoms with van der Waals surface area (Å²) in [6.45, 7) is -0.829. The molecule has 0 aliphatic heterocycles. The fraction of sp³-hybridized carbons (Fsp3) is 0.174. The van der Waals surface area contributed by atoms with Crippen LogP contribution in [0.3, 0.4) is 0 Å². The van der Waals surface area contributed by atoms with Crippen molar-refractivity contribution in [1.82, 2.24) is 25.3 Å². The molecule has 7 nitrogen and oxygen atoms in total. The van der Waals surface area contributed by atoms with Crippen molar-refractivity contribution < 1.29 is 23.1 Å². The zero-order chi connectivity index (χ0) is 23.4. The Balaban J connectivity index is 1.63. The molecule has 0 spiro atoms. The summed E-state index contributed by atoms with van der Waals surface area (Å²) in [6, 6.07) is 11.7. The Kier molecular flexibility index (Phi) is 6.55. The molecule has 0 aliphatic rings. The van der Waals surface area contributed by atoms with Crippen LogP contribution in [0.2, 0.25) is 0 Å². The third-order valence-electron chi connectivity index (χ3n) is 5.12. The van der Waals surface area contributed by atoms with Crippen molar-refractivity contribution in [2.24, 2.45) is 0 Å². The number of aliphatic hydroxyl groups is 1. The van der Waals surface area contributed by atoms with Gasteiger partial charge in [-0.05, 0) is 54.1 Å². The fourth-order valence-corrected chi connectivity index (χ4v) is 3.43. The number of hydrogen-bond acceptors (Lipinski definition) is 4. The monoisotopic (exact) mass is 455 g/mol. The van der Waals surface area contributed by atoms with E-state index in [-0.39, 0.29) is 23.4 Å². The number of nitrogens with one attached hydrogen (secondary N) is 2. The smallest absolute Gasteiger partial charge is 0.252 e. The molecule has 2 atom stereocenters. The predicted molar refractivity (Wildman–Crippen MR) is 115 cm³/mol. The highest BCUT2D eigenvalue weighted by atomic mass is 19.1. The van der Waals surface area contributed by atoms with Gasteiger partial charge in [0.05, 0.1) is 41.7 Å². The highest BCUT2D eigenvalue weighted by molar-refractivity contribution is 6.01. The van der Waals surface area contributed by atoms with Gasteiger partial charge in [0, 0.05) is 12.4 Å². The van der Waals surface area contributed by atoms with Crippen molar-refractivity contribution in [1.29, 1.82) is 0 Å². The highest BCUT2D eigenvalue weighted by Crippen LogP contribution is 2.29. The van der Waals surface area contributed by atoms with Crippen LogP contribution < -0.4 is 5.32 Å². The van der Waals surface area contributed by atoms with Gasteiger partial charge < -0.3 is 10.4 Å². The van der Waals surface area contributed by atoms with E-state index < -0.39 is 36.4 Å². The number of benzene rings is 2. The summed E-state index contributed by atoms with van der Waals surface area (Å²) in [4.78, 5) is 13.0. The van der Waals surface area contributed by atoms with E-state index in [4.69, 9.17) is 0 Å². The van der Waals surface area contributed by atoms with Gasteiger partial charge in [0.15, 0.2) is 0 Å².